The van der Waals surface area contributed by atoms with Crippen LogP contribution in [0.2, 0.25) is 0 Å². The Hall–Kier alpha value is -0.930. The van der Waals surface area contributed by atoms with Gasteiger partial charge in [0.1, 0.15) is 0 Å². The molecule has 0 radical (unpaired) electrons. The molecule has 0 amide bonds. The molecule has 1 heterocycles. The van der Waals surface area contributed by atoms with Gasteiger partial charge in [0.25, 0.3) is 0 Å². The molecule has 1 aromatic carbocycles. The highest BCUT2D eigenvalue weighted by molar-refractivity contribution is 7.80. The van der Waals surface area contributed by atoms with Crippen LogP contribution in [0.25, 0.3) is 0 Å². The van der Waals surface area contributed by atoms with Crippen molar-refractivity contribution in [1.82, 2.24) is 4.90 Å². The van der Waals surface area contributed by atoms with E-state index in [0.29, 0.717) is 10.9 Å². The minimum atomic E-state index is 0.410. The summed E-state index contributed by atoms with van der Waals surface area (Å²) in [4.78, 5) is 3.13. The monoisotopic (exact) mass is 234 g/mol. The lowest BCUT2D eigenvalue weighted by Crippen LogP contribution is -2.39. The smallest absolute Gasteiger partial charge is 0.0771 e. The largest absolute Gasteiger partial charge is 0.393 e. The van der Waals surface area contributed by atoms with Crippen LogP contribution in [-0.4, -0.2) is 23.0 Å². The molecule has 3 heteroatoms. The van der Waals surface area contributed by atoms with E-state index >= 15 is 0 Å². The first-order valence-corrected chi connectivity index (χ1v) is 6.22. The summed E-state index contributed by atoms with van der Waals surface area (Å²) in [5.74, 6) is 0.410. The first-order chi connectivity index (χ1) is 7.75. The van der Waals surface area contributed by atoms with Crippen LogP contribution in [0.4, 0.5) is 0 Å². The minimum Gasteiger partial charge on any atom is -0.393 e. The fourth-order valence-corrected chi connectivity index (χ4v) is 2.47. The Bertz CT molecular complexity index is 350. The summed E-state index contributed by atoms with van der Waals surface area (Å²) >= 11 is 5.08. The Morgan fingerprint density at radius 3 is 2.81 bits per heavy atom. The van der Waals surface area contributed by atoms with Gasteiger partial charge in [-0.1, -0.05) is 42.5 Å². The summed E-state index contributed by atoms with van der Waals surface area (Å²) in [5, 5.41) is 0. The van der Waals surface area contributed by atoms with Gasteiger partial charge in [0.15, 0.2) is 0 Å². The highest BCUT2D eigenvalue weighted by Gasteiger charge is 2.21. The lowest BCUT2D eigenvalue weighted by molar-refractivity contribution is 0.197. The molecule has 1 aromatic rings. The lowest BCUT2D eigenvalue weighted by Gasteiger charge is -2.32. The zero-order valence-electron chi connectivity index (χ0n) is 9.43. The summed E-state index contributed by atoms with van der Waals surface area (Å²) < 4.78 is 0. The van der Waals surface area contributed by atoms with Gasteiger partial charge >= 0.3 is 0 Å². The second-order valence-electron chi connectivity index (χ2n) is 4.46. The van der Waals surface area contributed by atoms with E-state index in [2.05, 4.69) is 35.2 Å². The van der Waals surface area contributed by atoms with Crippen LogP contribution in [0, 0.1) is 5.92 Å². The number of hydrogen-bond acceptors (Lipinski definition) is 2. The van der Waals surface area contributed by atoms with Gasteiger partial charge in [0.2, 0.25) is 0 Å². The molecule has 0 aliphatic carbocycles. The Morgan fingerprint density at radius 2 is 2.12 bits per heavy atom. The van der Waals surface area contributed by atoms with Crippen LogP contribution in [0.15, 0.2) is 30.3 Å². The van der Waals surface area contributed by atoms with Crippen molar-refractivity contribution in [2.24, 2.45) is 11.7 Å². The molecule has 1 aliphatic heterocycles. The highest BCUT2D eigenvalue weighted by atomic mass is 32.1. The number of benzene rings is 1. The topological polar surface area (TPSA) is 29.3 Å². The summed E-state index contributed by atoms with van der Waals surface area (Å²) in [6.45, 7) is 3.19. The van der Waals surface area contributed by atoms with Gasteiger partial charge in [-0.15, -0.1) is 0 Å². The van der Waals surface area contributed by atoms with Gasteiger partial charge in [-0.2, -0.15) is 0 Å². The zero-order valence-corrected chi connectivity index (χ0v) is 10.2. The van der Waals surface area contributed by atoms with E-state index in [0.717, 1.165) is 26.1 Å². The standard InChI is InChI=1S/C13H18N2S/c14-13(16)12-7-4-8-15(10-12)9-11-5-2-1-3-6-11/h1-3,5-6,12H,4,7-10H2,(H2,14,16). The van der Waals surface area contributed by atoms with Crippen LogP contribution >= 0.6 is 12.2 Å². The predicted octanol–water partition coefficient (Wildman–Crippen LogP) is 2.18. The SMILES string of the molecule is NC(=S)C1CCCN(Cc2ccccc2)C1. The molecule has 1 aliphatic rings. The number of thiocarbonyl (C=S) groups is 1. The summed E-state index contributed by atoms with van der Waals surface area (Å²) in [6.07, 6.45) is 2.36. The molecule has 2 nitrogen and oxygen atoms in total. The van der Waals surface area contributed by atoms with Crippen molar-refractivity contribution >= 4 is 17.2 Å². The van der Waals surface area contributed by atoms with Crippen LogP contribution < -0.4 is 5.73 Å². The second-order valence-corrected chi connectivity index (χ2v) is 4.93. The average Bonchev–Trinajstić information content (AvgIpc) is 2.30. The number of nitrogens with zero attached hydrogens (tertiary/aromatic N) is 1. The fraction of sp³-hybridized carbons (Fsp3) is 0.462. The van der Waals surface area contributed by atoms with Gasteiger partial charge in [0.05, 0.1) is 4.99 Å². The highest BCUT2D eigenvalue weighted by Crippen LogP contribution is 2.18. The van der Waals surface area contributed by atoms with Crippen molar-refractivity contribution in [1.29, 1.82) is 0 Å². The third kappa shape index (κ3) is 3.03. The second kappa shape index (κ2) is 5.41. The third-order valence-electron chi connectivity index (χ3n) is 3.16. The van der Waals surface area contributed by atoms with Crippen LogP contribution in [0.1, 0.15) is 18.4 Å². The molecular formula is C13H18N2S. The van der Waals surface area contributed by atoms with Gasteiger partial charge in [-0.05, 0) is 24.9 Å². The predicted molar refractivity (Wildman–Crippen MR) is 71.2 cm³/mol. The van der Waals surface area contributed by atoms with Crippen LogP contribution in [0.5, 0.6) is 0 Å². The van der Waals surface area contributed by atoms with Crippen molar-refractivity contribution in [3.63, 3.8) is 0 Å². The first kappa shape index (κ1) is 11.6. The Labute approximate surface area is 102 Å². The number of rotatable bonds is 3. The minimum absolute atomic E-state index is 0.410. The van der Waals surface area contributed by atoms with Gasteiger partial charge in [-0.3, -0.25) is 4.90 Å². The maximum absolute atomic E-state index is 5.73. The molecule has 0 spiro atoms. The van der Waals surface area contributed by atoms with E-state index in [4.69, 9.17) is 18.0 Å². The molecule has 86 valence electrons. The van der Waals surface area contributed by atoms with Crippen molar-refractivity contribution in [2.75, 3.05) is 13.1 Å². The Balaban J connectivity index is 1.93. The first-order valence-electron chi connectivity index (χ1n) is 5.81. The molecule has 0 saturated carbocycles. The van der Waals surface area contributed by atoms with Gasteiger partial charge in [-0.25, -0.2) is 0 Å². The molecule has 2 rings (SSSR count). The van der Waals surface area contributed by atoms with Crippen molar-refractivity contribution in [3.05, 3.63) is 35.9 Å². The van der Waals surface area contributed by atoms with Crippen LogP contribution in [0.3, 0.4) is 0 Å². The lowest BCUT2D eigenvalue weighted by atomic mass is 9.98. The van der Waals surface area contributed by atoms with Gasteiger partial charge in [0, 0.05) is 19.0 Å². The molecule has 16 heavy (non-hydrogen) atoms. The number of hydrogen-bond donors (Lipinski definition) is 1. The fourth-order valence-electron chi connectivity index (χ4n) is 2.27. The zero-order chi connectivity index (χ0) is 11.4. The molecule has 0 bridgehead atoms. The summed E-state index contributed by atoms with van der Waals surface area (Å²) in [5.41, 5.74) is 7.09. The molecule has 1 atom stereocenters. The average molecular weight is 234 g/mol. The maximum Gasteiger partial charge on any atom is 0.0771 e. The third-order valence-corrected chi connectivity index (χ3v) is 3.49. The van der Waals surface area contributed by atoms with E-state index in [1.54, 1.807) is 0 Å². The maximum atomic E-state index is 5.73. The Kier molecular flexibility index (Phi) is 3.91. The molecule has 1 fully saturated rings. The molecule has 2 N–H and O–H groups in total. The number of likely N-dealkylation sites (tertiary alicyclic amines) is 1. The van der Waals surface area contributed by atoms with E-state index < -0.39 is 0 Å². The molecule has 1 saturated heterocycles. The Morgan fingerprint density at radius 1 is 1.38 bits per heavy atom. The molecular weight excluding hydrogens is 216 g/mol. The van der Waals surface area contributed by atoms with Crippen LogP contribution in [-0.2, 0) is 6.54 Å². The number of nitrogens with two attached hydrogens (primary N) is 1. The van der Waals surface area contributed by atoms with Gasteiger partial charge < -0.3 is 5.73 Å². The number of piperidine rings is 1. The molecule has 1 unspecified atom stereocenters. The van der Waals surface area contributed by atoms with Crippen molar-refractivity contribution in [2.45, 2.75) is 19.4 Å². The summed E-state index contributed by atoms with van der Waals surface area (Å²) in [7, 11) is 0. The van der Waals surface area contributed by atoms with E-state index in [9.17, 15) is 0 Å². The summed E-state index contributed by atoms with van der Waals surface area (Å²) in [6, 6.07) is 10.6. The van der Waals surface area contributed by atoms with E-state index in [1.165, 1.54) is 12.0 Å². The van der Waals surface area contributed by atoms with Crippen molar-refractivity contribution in [3.8, 4) is 0 Å². The normalized spacial score (nSPS) is 21.9. The van der Waals surface area contributed by atoms with E-state index in [-0.39, 0.29) is 0 Å². The van der Waals surface area contributed by atoms with Crippen molar-refractivity contribution < 1.29 is 0 Å². The molecule has 0 aromatic heterocycles. The van der Waals surface area contributed by atoms with E-state index in [1.807, 2.05) is 0 Å². The quantitative estimate of drug-likeness (QED) is 0.813.